The molecule has 0 spiro atoms. The fourth-order valence-electron chi connectivity index (χ4n) is 1.39. The van der Waals surface area contributed by atoms with Crippen LogP contribution < -0.4 is 0 Å². The molecule has 1 atom stereocenters. The van der Waals surface area contributed by atoms with Crippen molar-refractivity contribution in [2.75, 3.05) is 19.7 Å². The number of esters is 1. The van der Waals surface area contributed by atoms with Crippen molar-refractivity contribution in [2.24, 2.45) is 5.92 Å². The minimum absolute atomic E-state index is 0.268. The van der Waals surface area contributed by atoms with E-state index in [2.05, 4.69) is 0 Å². The molecule has 0 radical (unpaired) electrons. The summed E-state index contributed by atoms with van der Waals surface area (Å²) >= 11 is 0. The number of likely N-dealkylation sites (tertiary alicyclic amines) is 1. The molecule has 1 amide bonds. The van der Waals surface area contributed by atoms with Gasteiger partial charge in [0.2, 0.25) is 0 Å². The molecule has 1 heterocycles. The van der Waals surface area contributed by atoms with Gasteiger partial charge in [-0.05, 0) is 13.3 Å². The third-order valence-corrected chi connectivity index (χ3v) is 2.08. The van der Waals surface area contributed by atoms with E-state index in [1.807, 2.05) is 0 Å². The fourth-order valence-corrected chi connectivity index (χ4v) is 1.39. The van der Waals surface area contributed by atoms with Gasteiger partial charge in [0.1, 0.15) is 0 Å². The Hall–Kier alpha value is -1.26. The first-order chi connectivity index (χ1) is 6.15. The highest BCUT2D eigenvalue weighted by atomic mass is 16.5. The molecule has 1 aliphatic heterocycles. The minimum Gasteiger partial charge on any atom is -0.466 e. The van der Waals surface area contributed by atoms with Gasteiger partial charge in [-0.25, -0.2) is 4.79 Å². The van der Waals surface area contributed by atoms with Crippen molar-refractivity contribution >= 4 is 12.1 Å². The Labute approximate surface area is 76.3 Å². The standard InChI is InChI=1S/C8H13NO4/c1-2-13-7(10)6-3-4-9(5-6)8(11)12/h6H,2-5H2,1H3,(H,11,12). The van der Waals surface area contributed by atoms with Gasteiger partial charge in [0, 0.05) is 13.1 Å². The van der Waals surface area contributed by atoms with Crippen molar-refractivity contribution < 1.29 is 19.4 Å². The Morgan fingerprint density at radius 2 is 2.31 bits per heavy atom. The predicted molar refractivity (Wildman–Crippen MR) is 44.3 cm³/mol. The molecule has 0 bridgehead atoms. The third-order valence-electron chi connectivity index (χ3n) is 2.08. The van der Waals surface area contributed by atoms with Crippen LogP contribution in [0.3, 0.4) is 0 Å². The van der Waals surface area contributed by atoms with Gasteiger partial charge in [0.05, 0.1) is 12.5 Å². The molecule has 0 saturated carbocycles. The monoisotopic (exact) mass is 187 g/mol. The zero-order valence-electron chi connectivity index (χ0n) is 7.52. The summed E-state index contributed by atoms with van der Waals surface area (Å²) in [5, 5.41) is 8.62. The van der Waals surface area contributed by atoms with Crippen molar-refractivity contribution in [3.8, 4) is 0 Å². The SMILES string of the molecule is CCOC(=O)C1CCN(C(=O)O)C1. The Morgan fingerprint density at radius 3 is 2.77 bits per heavy atom. The zero-order chi connectivity index (χ0) is 9.84. The maximum Gasteiger partial charge on any atom is 0.407 e. The maximum absolute atomic E-state index is 11.2. The van der Waals surface area contributed by atoms with Crippen molar-refractivity contribution in [2.45, 2.75) is 13.3 Å². The summed E-state index contributed by atoms with van der Waals surface area (Å²) in [5.41, 5.74) is 0. The summed E-state index contributed by atoms with van der Waals surface area (Å²) in [7, 11) is 0. The fraction of sp³-hybridized carbons (Fsp3) is 0.750. The molecule has 0 aromatic heterocycles. The summed E-state index contributed by atoms with van der Waals surface area (Å²) in [6.07, 6.45) is -0.391. The molecule has 1 fully saturated rings. The summed E-state index contributed by atoms with van der Waals surface area (Å²) < 4.78 is 4.80. The van der Waals surface area contributed by atoms with Gasteiger partial charge in [-0.1, -0.05) is 0 Å². The molecule has 5 nitrogen and oxygen atoms in total. The number of hydrogen-bond acceptors (Lipinski definition) is 3. The minimum atomic E-state index is -0.966. The van der Waals surface area contributed by atoms with Gasteiger partial charge in [0.15, 0.2) is 0 Å². The first-order valence-corrected chi connectivity index (χ1v) is 4.29. The zero-order valence-corrected chi connectivity index (χ0v) is 7.52. The Kier molecular flexibility index (Phi) is 3.11. The smallest absolute Gasteiger partial charge is 0.407 e. The summed E-state index contributed by atoms with van der Waals surface area (Å²) in [4.78, 5) is 22.9. The van der Waals surface area contributed by atoms with Crippen LogP contribution in [0, 0.1) is 5.92 Å². The second-order valence-corrected chi connectivity index (χ2v) is 2.97. The molecular weight excluding hydrogens is 174 g/mol. The predicted octanol–water partition coefficient (Wildman–Crippen LogP) is 0.549. The first-order valence-electron chi connectivity index (χ1n) is 4.29. The quantitative estimate of drug-likeness (QED) is 0.641. The van der Waals surface area contributed by atoms with Gasteiger partial charge < -0.3 is 14.7 Å². The number of rotatable bonds is 2. The highest BCUT2D eigenvalue weighted by Gasteiger charge is 2.31. The first kappa shape index (κ1) is 9.83. The topological polar surface area (TPSA) is 66.8 Å². The molecule has 0 aromatic carbocycles. The number of ether oxygens (including phenoxy) is 1. The molecule has 1 rings (SSSR count). The van der Waals surface area contributed by atoms with Crippen molar-refractivity contribution in [3.63, 3.8) is 0 Å². The van der Waals surface area contributed by atoms with E-state index in [1.165, 1.54) is 4.90 Å². The van der Waals surface area contributed by atoms with E-state index in [0.29, 0.717) is 19.6 Å². The maximum atomic E-state index is 11.2. The van der Waals surface area contributed by atoms with E-state index in [4.69, 9.17) is 9.84 Å². The summed E-state index contributed by atoms with van der Waals surface area (Å²) in [6, 6.07) is 0. The summed E-state index contributed by atoms with van der Waals surface area (Å²) in [5.74, 6) is -0.553. The highest BCUT2D eigenvalue weighted by molar-refractivity contribution is 5.75. The number of hydrogen-bond donors (Lipinski definition) is 1. The second kappa shape index (κ2) is 4.11. The normalized spacial score (nSPS) is 21.6. The lowest BCUT2D eigenvalue weighted by Crippen LogP contribution is -2.28. The molecular formula is C8H13NO4. The number of carboxylic acid groups (broad SMARTS) is 1. The molecule has 1 N–H and O–H groups in total. The van der Waals surface area contributed by atoms with Gasteiger partial charge in [-0.3, -0.25) is 4.79 Å². The van der Waals surface area contributed by atoms with Crippen LogP contribution in [0.2, 0.25) is 0 Å². The summed E-state index contributed by atoms with van der Waals surface area (Å²) in [6.45, 7) is 2.79. The van der Waals surface area contributed by atoms with Crippen LogP contribution in [-0.4, -0.2) is 41.8 Å². The average molecular weight is 187 g/mol. The highest BCUT2D eigenvalue weighted by Crippen LogP contribution is 2.17. The Morgan fingerprint density at radius 1 is 1.62 bits per heavy atom. The van der Waals surface area contributed by atoms with Crippen molar-refractivity contribution in [1.82, 2.24) is 4.90 Å². The molecule has 13 heavy (non-hydrogen) atoms. The van der Waals surface area contributed by atoms with Crippen molar-refractivity contribution in [1.29, 1.82) is 0 Å². The Bertz CT molecular complexity index is 216. The molecule has 0 aliphatic carbocycles. The van der Waals surface area contributed by atoms with Crippen LogP contribution in [-0.2, 0) is 9.53 Å². The lowest BCUT2D eigenvalue weighted by Gasteiger charge is -2.11. The van der Waals surface area contributed by atoms with Gasteiger partial charge in [0.25, 0.3) is 0 Å². The molecule has 1 aliphatic rings. The van der Waals surface area contributed by atoms with E-state index >= 15 is 0 Å². The van der Waals surface area contributed by atoms with E-state index in [0.717, 1.165) is 0 Å². The Balaban J connectivity index is 2.40. The number of amides is 1. The van der Waals surface area contributed by atoms with Crippen LogP contribution in [0.25, 0.3) is 0 Å². The number of carbonyl (C=O) groups excluding carboxylic acids is 1. The molecule has 1 unspecified atom stereocenters. The van der Waals surface area contributed by atoms with Gasteiger partial charge in [-0.15, -0.1) is 0 Å². The molecule has 1 saturated heterocycles. The van der Waals surface area contributed by atoms with E-state index < -0.39 is 6.09 Å². The van der Waals surface area contributed by atoms with Gasteiger partial charge >= 0.3 is 12.1 Å². The van der Waals surface area contributed by atoms with Crippen LogP contribution in [0.5, 0.6) is 0 Å². The van der Waals surface area contributed by atoms with Crippen LogP contribution in [0.1, 0.15) is 13.3 Å². The largest absolute Gasteiger partial charge is 0.466 e. The second-order valence-electron chi connectivity index (χ2n) is 2.97. The van der Waals surface area contributed by atoms with Crippen LogP contribution >= 0.6 is 0 Å². The average Bonchev–Trinajstić information content (AvgIpc) is 2.52. The van der Waals surface area contributed by atoms with Crippen molar-refractivity contribution in [3.05, 3.63) is 0 Å². The van der Waals surface area contributed by atoms with E-state index in [9.17, 15) is 9.59 Å². The lowest BCUT2D eigenvalue weighted by atomic mass is 10.1. The van der Waals surface area contributed by atoms with E-state index in [-0.39, 0.29) is 18.4 Å². The van der Waals surface area contributed by atoms with E-state index in [1.54, 1.807) is 6.92 Å². The molecule has 5 heteroatoms. The third kappa shape index (κ3) is 2.34. The lowest BCUT2D eigenvalue weighted by molar-refractivity contribution is -0.147. The molecule has 74 valence electrons. The number of nitrogens with zero attached hydrogens (tertiary/aromatic N) is 1. The van der Waals surface area contributed by atoms with Crippen LogP contribution in [0.4, 0.5) is 4.79 Å². The molecule has 0 aromatic rings. The van der Waals surface area contributed by atoms with Gasteiger partial charge in [-0.2, -0.15) is 0 Å². The van der Waals surface area contributed by atoms with Crippen LogP contribution in [0.15, 0.2) is 0 Å². The number of carbonyl (C=O) groups is 2.